The Morgan fingerprint density at radius 3 is 2.85 bits per heavy atom. The molecule has 3 atom stereocenters. The van der Waals surface area contributed by atoms with Gasteiger partial charge in [0, 0.05) is 22.7 Å². The Labute approximate surface area is 186 Å². The number of aliphatic hydroxyl groups excluding tert-OH is 1. The number of nitrogens with zero attached hydrogens (tertiary/aromatic N) is 4. The number of aliphatic hydroxyl groups is 1. The molecule has 0 spiro atoms. The molecule has 1 fully saturated rings. The largest absolute Gasteiger partial charge is 0.389 e. The number of hydrogen-bond donors (Lipinski definition) is 3. The van der Waals surface area contributed by atoms with Crippen LogP contribution in [0.5, 0.6) is 0 Å². The van der Waals surface area contributed by atoms with Crippen molar-refractivity contribution in [3.05, 3.63) is 47.8 Å². The summed E-state index contributed by atoms with van der Waals surface area (Å²) in [5.74, 6) is -1.08. The predicted molar refractivity (Wildman–Crippen MR) is 118 cm³/mol. The zero-order valence-electron chi connectivity index (χ0n) is 17.6. The predicted octanol–water partition coefficient (Wildman–Crippen LogP) is 3.55. The van der Waals surface area contributed by atoms with Crippen molar-refractivity contribution in [3.8, 4) is 11.3 Å². The van der Waals surface area contributed by atoms with Gasteiger partial charge in [0.05, 0.1) is 41.8 Å². The van der Waals surface area contributed by atoms with Crippen molar-refractivity contribution in [3.63, 3.8) is 0 Å². The first-order valence-corrected chi connectivity index (χ1v) is 10.7. The lowest BCUT2D eigenvalue weighted by Crippen LogP contribution is -2.15. The molecule has 0 saturated heterocycles. The van der Waals surface area contributed by atoms with E-state index in [1.165, 1.54) is 6.20 Å². The van der Waals surface area contributed by atoms with E-state index in [-0.39, 0.29) is 18.1 Å². The summed E-state index contributed by atoms with van der Waals surface area (Å²) in [5.41, 5.74) is 3.76. The molecule has 1 unspecified atom stereocenters. The maximum absolute atomic E-state index is 15.6. The summed E-state index contributed by atoms with van der Waals surface area (Å²) >= 11 is 0. The molecule has 1 amide bonds. The first kappa shape index (κ1) is 20.0. The van der Waals surface area contributed by atoms with Gasteiger partial charge in [-0.25, -0.2) is 13.8 Å². The Bertz CT molecular complexity index is 1470. The second kappa shape index (κ2) is 7.17. The Morgan fingerprint density at radius 1 is 1.30 bits per heavy atom. The van der Waals surface area contributed by atoms with Gasteiger partial charge in [0.1, 0.15) is 12.0 Å². The molecule has 6 rings (SSSR count). The summed E-state index contributed by atoms with van der Waals surface area (Å²) in [7, 11) is 0. The van der Waals surface area contributed by atoms with Crippen LogP contribution in [0.4, 0.5) is 14.6 Å². The van der Waals surface area contributed by atoms with Crippen LogP contribution in [0.1, 0.15) is 30.4 Å². The number of rotatable bonds is 4. The quantitative estimate of drug-likeness (QED) is 0.441. The molecule has 4 aromatic rings. The van der Waals surface area contributed by atoms with Crippen molar-refractivity contribution in [1.82, 2.24) is 24.6 Å². The van der Waals surface area contributed by atoms with Gasteiger partial charge in [-0.3, -0.25) is 14.9 Å². The van der Waals surface area contributed by atoms with Gasteiger partial charge in [-0.15, -0.1) is 0 Å². The molecule has 2 aliphatic rings. The van der Waals surface area contributed by atoms with Crippen molar-refractivity contribution >= 4 is 33.8 Å². The molecule has 0 bridgehead atoms. The van der Waals surface area contributed by atoms with Crippen LogP contribution >= 0.6 is 0 Å². The molecule has 33 heavy (non-hydrogen) atoms. The minimum absolute atomic E-state index is 0.238. The fourth-order valence-electron chi connectivity index (χ4n) is 4.56. The zero-order valence-corrected chi connectivity index (χ0v) is 17.6. The molecule has 0 radical (unpaired) electrons. The Balaban J connectivity index is 1.43. The molecule has 3 heterocycles. The van der Waals surface area contributed by atoms with Crippen LogP contribution in [0, 0.1) is 18.7 Å². The Kier molecular flexibility index (Phi) is 4.34. The summed E-state index contributed by atoms with van der Waals surface area (Å²) < 4.78 is 30.4. The second-order valence-corrected chi connectivity index (χ2v) is 8.66. The summed E-state index contributed by atoms with van der Waals surface area (Å²) in [4.78, 5) is 20.8. The average molecular weight is 450 g/mol. The highest BCUT2D eigenvalue weighted by Crippen LogP contribution is 2.40. The Hall–Kier alpha value is -3.66. The maximum Gasteiger partial charge on any atom is 0.231 e. The van der Waals surface area contributed by atoms with Crippen molar-refractivity contribution in [2.75, 3.05) is 5.32 Å². The lowest BCUT2D eigenvalue weighted by Gasteiger charge is -2.14. The number of carbonyl (C=O) groups is 1. The second-order valence-electron chi connectivity index (χ2n) is 8.66. The van der Waals surface area contributed by atoms with E-state index in [1.54, 1.807) is 36.0 Å². The highest BCUT2D eigenvalue weighted by atomic mass is 19.1. The monoisotopic (exact) mass is 450 g/mol. The first-order valence-electron chi connectivity index (χ1n) is 10.7. The van der Waals surface area contributed by atoms with Gasteiger partial charge in [-0.2, -0.15) is 5.10 Å². The van der Waals surface area contributed by atoms with E-state index < -0.39 is 18.2 Å². The summed E-state index contributed by atoms with van der Waals surface area (Å²) in [5, 5.41) is 20.3. The van der Waals surface area contributed by atoms with Crippen molar-refractivity contribution in [1.29, 1.82) is 0 Å². The Morgan fingerprint density at radius 2 is 2.12 bits per heavy atom. The molecule has 168 valence electrons. The summed E-state index contributed by atoms with van der Waals surface area (Å²) in [6, 6.07) is 0. The van der Waals surface area contributed by atoms with Crippen LogP contribution in [0.25, 0.3) is 33.4 Å². The number of benzene rings is 1. The molecule has 1 aromatic carbocycles. The van der Waals surface area contributed by atoms with Crippen molar-refractivity contribution < 1.29 is 18.7 Å². The van der Waals surface area contributed by atoms with E-state index in [0.29, 0.717) is 52.2 Å². The van der Waals surface area contributed by atoms with Gasteiger partial charge >= 0.3 is 0 Å². The van der Waals surface area contributed by atoms with Gasteiger partial charge in [0.25, 0.3) is 0 Å². The van der Waals surface area contributed by atoms with Crippen LogP contribution in [-0.4, -0.2) is 47.9 Å². The number of nitrogens with one attached hydrogen (secondary N) is 2. The number of aromatic nitrogens is 5. The minimum Gasteiger partial charge on any atom is -0.389 e. The van der Waals surface area contributed by atoms with Gasteiger partial charge in [0.15, 0.2) is 11.5 Å². The van der Waals surface area contributed by atoms with Gasteiger partial charge in [-0.1, -0.05) is 6.08 Å². The number of hydrogen-bond acceptors (Lipinski definition) is 5. The number of amides is 1. The van der Waals surface area contributed by atoms with E-state index >= 15 is 4.39 Å². The topological polar surface area (TPSA) is 108 Å². The minimum atomic E-state index is -1.09. The summed E-state index contributed by atoms with van der Waals surface area (Å²) in [6.45, 7) is 1.70. The molecular formula is C23H20F2N6O2. The molecule has 8 nitrogen and oxygen atoms in total. The highest BCUT2D eigenvalue weighted by Gasteiger charge is 2.43. The molecular weight excluding hydrogens is 430 g/mol. The van der Waals surface area contributed by atoms with E-state index in [1.807, 2.05) is 0 Å². The number of H-pyrrole nitrogens is 1. The summed E-state index contributed by atoms with van der Waals surface area (Å²) in [6.07, 6.45) is 7.92. The average Bonchev–Trinajstić information content (AvgIpc) is 3.16. The number of aromatic amines is 1. The van der Waals surface area contributed by atoms with Crippen LogP contribution < -0.4 is 5.32 Å². The van der Waals surface area contributed by atoms with Gasteiger partial charge < -0.3 is 14.8 Å². The molecule has 1 saturated carbocycles. The van der Waals surface area contributed by atoms with Crippen LogP contribution in [-0.2, 0) is 4.79 Å². The third-order valence-corrected chi connectivity index (χ3v) is 6.40. The number of fused-ring (bicyclic) bond motifs is 2. The zero-order chi connectivity index (χ0) is 22.9. The lowest BCUT2D eigenvalue weighted by molar-refractivity contribution is -0.117. The van der Waals surface area contributed by atoms with E-state index in [9.17, 15) is 14.3 Å². The molecule has 3 aromatic heterocycles. The van der Waals surface area contributed by atoms with Crippen LogP contribution in [0.2, 0.25) is 0 Å². The smallest absolute Gasteiger partial charge is 0.231 e. The third kappa shape index (κ3) is 3.20. The first-order chi connectivity index (χ1) is 15.9. The third-order valence-electron chi connectivity index (χ3n) is 6.40. The van der Waals surface area contributed by atoms with Gasteiger partial charge in [0.2, 0.25) is 5.91 Å². The SMILES string of the molecule is Cc1c(F)c(C2=CC(O)CC2)c2[nH]ncc2c1-c1cn2cc(NC(=O)[C@@H]3C[C@@H]3F)nc2cn1. The van der Waals surface area contributed by atoms with Gasteiger partial charge in [-0.05, 0) is 37.3 Å². The number of allylic oxidation sites excluding steroid dienone is 1. The fourth-order valence-corrected chi connectivity index (χ4v) is 4.56. The number of alkyl halides is 1. The number of anilines is 1. The normalized spacial score (nSPS) is 22.2. The fraction of sp³-hybridized carbons (Fsp3) is 0.304. The number of halogens is 2. The van der Waals surface area contributed by atoms with Crippen LogP contribution in [0.3, 0.4) is 0 Å². The van der Waals surface area contributed by atoms with E-state index in [4.69, 9.17) is 0 Å². The van der Waals surface area contributed by atoms with Crippen molar-refractivity contribution in [2.24, 2.45) is 5.92 Å². The van der Waals surface area contributed by atoms with E-state index in [0.717, 1.165) is 11.0 Å². The lowest BCUT2D eigenvalue weighted by atomic mass is 9.93. The van der Waals surface area contributed by atoms with Crippen molar-refractivity contribution in [2.45, 2.75) is 38.5 Å². The molecule has 3 N–H and O–H groups in total. The number of imidazole rings is 1. The molecule has 2 aliphatic carbocycles. The number of carbonyl (C=O) groups excluding carboxylic acids is 1. The molecule has 10 heteroatoms. The highest BCUT2D eigenvalue weighted by molar-refractivity contribution is 6.02. The van der Waals surface area contributed by atoms with E-state index in [2.05, 4.69) is 25.5 Å². The molecule has 0 aliphatic heterocycles. The van der Waals surface area contributed by atoms with Crippen LogP contribution in [0.15, 0.2) is 30.9 Å². The standard InChI is InChI=1S/C23H20F2N6O2/c1-10-19(14-6-27-30-22(14)20(21(10)25)11-2-3-12(32)4-11)16-8-31-9-17(28-18(31)7-26-16)29-23(33)13-5-15(13)24/h4,6-9,12-13,15,32H,2-3,5H2,1H3,(H,27,30)(H,29,33)/t12?,13-,15+/m1/s1. The maximum atomic E-state index is 15.6.